The highest BCUT2D eigenvalue weighted by atomic mass is 32.2. The number of fused-ring (bicyclic) bond motifs is 1. The van der Waals surface area contributed by atoms with E-state index >= 15 is 0 Å². The Kier molecular flexibility index (Phi) is 10.3. The molecule has 1 aliphatic heterocycles. The minimum Gasteiger partial charge on any atom is -0.492 e. The molecule has 2 heterocycles. The molecule has 0 bridgehead atoms. The average Bonchev–Trinajstić information content (AvgIpc) is 3.51. The number of piperidine rings is 1. The van der Waals surface area contributed by atoms with Gasteiger partial charge in [-0.3, -0.25) is 0 Å². The minimum atomic E-state index is -4.01. The van der Waals surface area contributed by atoms with Crippen molar-refractivity contribution in [3.8, 4) is 5.75 Å². The van der Waals surface area contributed by atoms with Gasteiger partial charge in [0.05, 0.1) is 30.0 Å². The second-order valence-corrected chi connectivity index (χ2v) is 12.1. The largest absolute Gasteiger partial charge is 0.492 e. The van der Waals surface area contributed by atoms with Crippen LogP contribution in [0.3, 0.4) is 0 Å². The topological polar surface area (TPSA) is 178 Å². The molecule has 14 heteroatoms. The number of hydrogen-bond acceptors (Lipinski definition) is 9. The van der Waals surface area contributed by atoms with Crippen LogP contribution in [-0.2, 0) is 37.4 Å². The van der Waals surface area contributed by atoms with E-state index in [1.165, 1.54) is 4.31 Å². The van der Waals surface area contributed by atoms with Crippen LogP contribution in [0.2, 0.25) is 0 Å². The lowest BCUT2D eigenvalue weighted by molar-refractivity contribution is -0.142. The predicted molar refractivity (Wildman–Crippen MR) is 166 cm³/mol. The number of oxime groups is 1. The van der Waals surface area contributed by atoms with Crippen LogP contribution in [-0.4, -0.2) is 66.3 Å². The quantitative estimate of drug-likeness (QED) is 0.0692. The molecule has 236 valence electrons. The summed E-state index contributed by atoms with van der Waals surface area (Å²) in [5.41, 5.74) is 8.84. The molecule has 1 unspecified atom stereocenters. The van der Waals surface area contributed by atoms with E-state index in [4.69, 9.17) is 20.0 Å². The zero-order chi connectivity index (χ0) is 31.6. The lowest BCUT2D eigenvalue weighted by Crippen LogP contribution is -2.50. The summed E-state index contributed by atoms with van der Waals surface area (Å²) < 4.78 is 38.9. The molecule has 4 aromatic rings. The Bertz CT molecular complexity index is 1710. The first kappa shape index (κ1) is 31.5. The van der Waals surface area contributed by atoms with Crippen LogP contribution < -0.4 is 15.8 Å². The third-order valence-corrected chi connectivity index (χ3v) is 8.83. The summed E-state index contributed by atoms with van der Waals surface area (Å²) in [4.78, 5) is 36.5. The molecule has 45 heavy (non-hydrogen) atoms. The van der Waals surface area contributed by atoms with Crippen LogP contribution in [0, 0.1) is 0 Å². The first-order valence-corrected chi connectivity index (χ1v) is 15.9. The Morgan fingerprint density at radius 2 is 1.76 bits per heavy atom. The predicted octanol–water partition coefficient (Wildman–Crippen LogP) is 3.47. The van der Waals surface area contributed by atoms with Crippen LogP contribution in [0.15, 0.2) is 89.2 Å². The SMILES string of the molecule is NC(=NOC(=O)Cc1ccc(OCCNC(=O)OCc2ccccc2)cc1)C1CCCCN1S(=O)(=O)c1nc2ccccc2[nH]1. The average molecular weight is 635 g/mol. The lowest BCUT2D eigenvalue weighted by Gasteiger charge is -2.32. The van der Waals surface area contributed by atoms with Crippen molar-refractivity contribution in [2.75, 3.05) is 19.7 Å². The standard InChI is InChI=1S/C31H34N6O7S/c32-29(27-12-6-7-18-37(27)45(40,41)30-34-25-10-4-5-11-26(25)35-30)36-44-28(38)20-22-13-15-24(16-14-22)42-19-17-33-31(39)43-21-23-8-2-1-3-9-23/h1-5,8-11,13-16,27H,6-7,12,17-21H2,(H2,32,36)(H,33,39)(H,34,35). The number of nitrogens with zero attached hydrogens (tertiary/aromatic N) is 3. The maximum absolute atomic E-state index is 13.4. The van der Waals surface area contributed by atoms with Crippen molar-refractivity contribution in [1.29, 1.82) is 0 Å². The number of para-hydroxylation sites is 2. The van der Waals surface area contributed by atoms with Gasteiger partial charge >= 0.3 is 12.1 Å². The van der Waals surface area contributed by atoms with Crippen molar-refractivity contribution in [2.24, 2.45) is 10.9 Å². The molecule has 3 aromatic carbocycles. The number of amidine groups is 1. The summed E-state index contributed by atoms with van der Waals surface area (Å²) in [6.45, 7) is 0.885. The van der Waals surface area contributed by atoms with Crippen LogP contribution in [0.25, 0.3) is 11.0 Å². The van der Waals surface area contributed by atoms with E-state index in [1.54, 1.807) is 48.5 Å². The van der Waals surface area contributed by atoms with Gasteiger partial charge in [0, 0.05) is 6.54 Å². The van der Waals surface area contributed by atoms with Crippen LogP contribution in [0.5, 0.6) is 5.75 Å². The molecule has 1 aliphatic rings. The van der Waals surface area contributed by atoms with Gasteiger partial charge in [0.15, 0.2) is 5.84 Å². The number of carbonyl (C=O) groups is 2. The molecule has 0 spiro atoms. The number of aromatic amines is 1. The monoisotopic (exact) mass is 634 g/mol. The second kappa shape index (κ2) is 14.7. The number of nitrogens with one attached hydrogen (secondary N) is 2. The fourth-order valence-corrected chi connectivity index (χ4v) is 6.41. The number of hydrogen-bond donors (Lipinski definition) is 3. The molecule has 1 aromatic heterocycles. The lowest BCUT2D eigenvalue weighted by atomic mass is 10.0. The molecule has 0 radical (unpaired) electrons. The Morgan fingerprint density at radius 1 is 1.00 bits per heavy atom. The van der Waals surface area contributed by atoms with E-state index in [0.717, 1.165) is 12.0 Å². The summed E-state index contributed by atoms with van der Waals surface area (Å²) in [6, 6.07) is 22.4. The Balaban J connectivity index is 1.07. The van der Waals surface area contributed by atoms with Crippen molar-refractivity contribution >= 4 is 39.0 Å². The van der Waals surface area contributed by atoms with Gasteiger partial charge in [-0.15, -0.1) is 0 Å². The molecule has 1 saturated heterocycles. The molecule has 0 aliphatic carbocycles. The van der Waals surface area contributed by atoms with Gasteiger partial charge in [-0.1, -0.05) is 66.2 Å². The maximum atomic E-state index is 13.4. The summed E-state index contributed by atoms with van der Waals surface area (Å²) in [6.07, 6.45) is 1.20. The van der Waals surface area contributed by atoms with Gasteiger partial charge < -0.3 is 30.3 Å². The Hall–Kier alpha value is -4.95. The van der Waals surface area contributed by atoms with Gasteiger partial charge in [0.2, 0.25) is 5.16 Å². The van der Waals surface area contributed by atoms with Crippen LogP contribution in [0.4, 0.5) is 4.79 Å². The maximum Gasteiger partial charge on any atom is 0.407 e. The van der Waals surface area contributed by atoms with Crippen molar-refractivity contribution in [3.05, 3.63) is 90.0 Å². The van der Waals surface area contributed by atoms with E-state index in [2.05, 4.69) is 20.4 Å². The third-order valence-electron chi connectivity index (χ3n) is 7.09. The summed E-state index contributed by atoms with van der Waals surface area (Å²) in [5, 5.41) is 6.24. The van der Waals surface area contributed by atoms with E-state index in [1.807, 2.05) is 30.3 Å². The molecule has 0 saturated carbocycles. The molecule has 5 rings (SSSR count). The van der Waals surface area contributed by atoms with Gasteiger partial charge in [-0.25, -0.2) is 23.0 Å². The first-order chi connectivity index (χ1) is 21.8. The normalized spacial score (nSPS) is 15.8. The van der Waals surface area contributed by atoms with Gasteiger partial charge in [-0.2, -0.15) is 4.31 Å². The van der Waals surface area contributed by atoms with E-state index in [-0.39, 0.29) is 43.7 Å². The summed E-state index contributed by atoms with van der Waals surface area (Å²) in [7, 11) is -4.01. The molecular weight excluding hydrogens is 600 g/mol. The van der Waals surface area contributed by atoms with E-state index in [9.17, 15) is 18.0 Å². The number of ether oxygens (including phenoxy) is 2. The number of nitrogens with two attached hydrogens (primary N) is 1. The number of carbonyl (C=O) groups excluding carboxylic acids is 2. The van der Waals surface area contributed by atoms with Crippen LogP contribution >= 0.6 is 0 Å². The highest BCUT2D eigenvalue weighted by Gasteiger charge is 2.38. The van der Waals surface area contributed by atoms with Crippen LogP contribution in [0.1, 0.15) is 30.4 Å². The number of rotatable bonds is 12. The van der Waals surface area contributed by atoms with E-state index in [0.29, 0.717) is 35.2 Å². The molecule has 4 N–H and O–H groups in total. The second-order valence-electron chi connectivity index (χ2n) is 10.3. The zero-order valence-electron chi connectivity index (χ0n) is 24.4. The molecule has 1 fully saturated rings. The third kappa shape index (κ3) is 8.37. The van der Waals surface area contributed by atoms with Crippen molar-refractivity contribution in [3.63, 3.8) is 0 Å². The number of aromatic nitrogens is 2. The van der Waals surface area contributed by atoms with Gasteiger partial charge in [0.25, 0.3) is 10.0 Å². The summed E-state index contributed by atoms with van der Waals surface area (Å²) in [5.74, 6) is -0.215. The van der Waals surface area contributed by atoms with Crippen molar-refractivity contribution in [2.45, 2.75) is 43.5 Å². The Morgan fingerprint density at radius 3 is 2.53 bits per heavy atom. The zero-order valence-corrected chi connectivity index (χ0v) is 25.2. The first-order valence-electron chi connectivity index (χ1n) is 14.5. The number of alkyl carbamates (subject to hydrolysis) is 1. The molecular formula is C31H34N6O7S. The van der Waals surface area contributed by atoms with Crippen molar-refractivity contribution in [1.82, 2.24) is 19.6 Å². The highest BCUT2D eigenvalue weighted by Crippen LogP contribution is 2.26. The number of H-pyrrole nitrogens is 1. The summed E-state index contributed by atoms with van der Waals surface area (Å²) >= 11 is 0. The number of amides is 1. The number of benzene rings is 3. The highest BCUT2D eigenvalue weighted by molar-refractivity contribution is 7.89. The molecule has 1 atom stereocenters. The smallest absolute Gasteiger partial charge is 0.407 e. The number of imidazole rings is 1. The molecule has 1 amide bonds. The minimum absolute atomic E-state index is 0.0858. The van der Waals surface area contributed by atoms with Crippen molar-refractivity contribution < 1.29 is 32.3 Å². The van der Waals surface area contributed by atoms with Gasteiger partial charge in [-0.05, 0) is 48.2 Å². The van der Waals surface area contributed by atoms with E-state index < -0.39 is 28.1 Å². The fourth-order valence-electron chi connectivity index (χ4n) is 4.81. The number of sulfonamides is 1. The fraction of sp³-hybridized carbons (Fsp3) is 0.290. The Labute approximate surface area is 260 Å². The molecule has 13 nitrogen and oxygen atoms in total. The van der Waals surface area contributed by atoms with Gasteiger partial charge in [0.1, 0.15) is 19.0 Å².